The third-order valence-electron chi connectivity index (χ3n) is 5.12. The average molecular weight is 481 g/mol. The van der Waals surface area contributed by atoms with E-state index in [0.29, 0.717) is 40.4 Å². The number of benzene rings is 3. The van der Waals surface area contributed by atoms with Crippen molar-refractivity contribution in [2.24, 2.45) is 0 Å². The van der Waals surface area contributed by atoms with E-state index in [0.717, 1.165) is 5.57 Å². The molecule has 8 heteroatoms. The molecule has 0 aromatic heterocycles. The van der Waals surface area contributed by atoms with Gasteiger partial charge < -0.3 is 34.3 Å². The monoisotopic (exact) mass is 480 g/mol. The van der Waals surface area contributed by atoms with E-state index in [4.69, 9.17) is 18.9 Å². The SMILES string of the molecule is COc1cc(-c2ccc(O)cc2)c(OC)c(OCC(=O)O)c1-c1ccc(OCC=C(C)C)c(O)c1. The largest absolute Gasteiger partial charge is 0.508 e. The molecule has 3 aromatic rings. The van der Waals surface area contributed by atoms with Crippen molar-refractivity contribution in [2.75, 3.05) is 27.4 Å². The molecule has 3 aromatic carbocycles. The summed E-state index contributed by atoms with van der Waals surface area (Å²) < 4.78 is 22.6. The van der Waals surface area contributed by atoms with Crippen molar-refractivity contribution in [1.82, 2.24) is 0 Å². The van der Waals surface area contributed by atoms with Gasteiger partial charge in [-0.1, -0.05) is 23.8 Å². The maximum Gasteiger partial charge on any atom is 0.341 e. The van der Waals surface area contributed by atoms with Crippen LogP contribution in [0.2, 0.25) is 0 Å². The van der Waals surface area contributed by atoms with Crippen molar-refractivity contribution in [3.8, 4) is 56.8 Å². The number of hydrogen-bond acceptors (Lipinski definition) is 7. The first-order chi connectivity index (χ1) is 16.7. The molecule has 0 bridgehead atoms. The Hall–Kier alpha value is -4.33. The van der Waals surface area contributed by atoms with Crippen LogP contribution in [0, 0.1) is 0 Å². The van der Waals surface area contributed by atoms with Crippen LogP contribution in [0.15, 0.2) is 60.2 Å². The number of allylic oxidation sites excluding steroid dienone is 1. The summed E-state index contributed by atoms with van der Waals surface area (Å²) in [5, 5.41) is 29.5. The maximum absolute atomic E-state index is 11.3. The molecule has 3 N–H and O–H groups in total. The Morgan fingerprint density at radius 3 is 2.11 bits per heavy atom. The molecular weight excluding hydrogens is 452 g/mol. The van der Waals surface area contributed by atoms with Gasteiger partial charge in [0, 0.05) is 5.56 Å². The molecule has 0 unspecified atom stereocenters. The van der Waals surface area contributed by atoms with Gasteiger partial charge in [-0.3, -0.25) is 0 Å². The molecule has 8 nitrogen and oxygen atoms in total. The highest BCUT2D eigenvalue weighted by molar-refractivity contribution is 5.88. The van der Waals surface area contributed by atoms with Crippen LogP contribution in [0.4, 0.5) is 0 Å². The fraction of sp³-hybridized carbons (Fsp3) is 0.222. The minimum Gasteiger partial charge on any atom is -0.508 e. The van der Waals surface area contributed by atoms with Gasteiger partial charge in [0.2, 0.25) is 0 Å². The molecule has 35 heavy (non-hydrogen) atoms. The number of phenols is 2. The van der Waals surface area contributed by atoms with E-state index in [2.05, 4.69) is 0 Å². The molecule has 0 fully saturated rings. The molecule has 0 amide bonds. The summed E-state index contributed by atoms with van der Waals surface area (Å²) in [6.45, 7) is 3.58. The number of carboxylic acids is 1. The first-order valence-corrected chi connectivity index (χ1v) is 10.8. The van der Waals surface area contributed by atoms with Crippen LogP contribution in [0.5, 0.6) is 34.5 Å². The number of aromatic hydroxyl groups is 2. The van der Waals surface area contributed by atoms with Crippen molar-refractivity contribution in [2.45, 2.75) is 13.8 Å². The molecule has 0 atom stereocenters. The smallest absolute Gasteiger partial charge is 0.341 e. The van der Waals surface area contributed by atoms with Gasteiger partial charge in [0.1, 0.15) is 18.1 Å². The summed E-state index contributed by atoms with van der Waals surface area (Å²) in [4.78, 5) is 11.3. The Morgan fingerprint density at radius 2 is 1.54 bits per heavy atom. The van der Waals surface area contributed by atoms with Crippen LogP contribution < -0.4 is 18.9 Å². The number of carboxylic acid groups (broad SMARTS) is 1. The number of hydrogen-bond donors (Lipinski definition) is 3. The fourth-order valence-corrected chi connectivity index (χ4v) is 3.47. The number of ether oxygens (including phenoxy) is 4. The Bertz CT molecular complexity index is 1220. The van der Waals surface area contributed by atoms with Gasteiger partial charge in [0.05, 0.1) is 19.8 Å². The molecule has 0 radical (unpaired) electrons. The number of carbonyl (C=O) groups is 1. The van der Waals surface area contributed by atoms with Crippen LogP contribution in [0.3, 0.4) is 0 Å². The van der Waals surface area contributed by atoms with Crippen molar-refractivity contribution >= 4 is 5.97 Å². The lowest BCUT2D eigenvalue weighted by Gasteiger charge is -2.21. The van der Waals surface area contributed by atoms with Crippen molar-refractivity contribution in [3.05, 3.63) is 60.2 Å². The first kappa shape index (κ1) is 25.3. The lowest BCUT2D eigenvalue weighted by Crippen LogP contribution is -2.11. The van der Waals surface area contributed by atoms with Crippen LogP contribution in [-0.4, -0.2) is 48.7 Å². The molecular formula is C27H28O8. The summed E-state index contributed by atoms with van der Waals surface area (Å²) in [6.07, 6.45) is 1.89. The minimum absolute atomic E-state index is 0.0982. The van der Waals surface area contributed by atoms with Crippen LogP contribution in [-0.2, 0) is 4.79 Å². The summed E-state index contributed by atoms with van der Waals surface area (Å²) in [5.41, 5.74) is 3.26. The molecule has 0 saturated heterocycles. The van der Waals surface area contributed by atoms with E-state index in [-0.39, 0.29) is 23.0 Å². The van der Waals surface area contributed by atoms with Crippen molar-refractivity contribution < 1.29 is 39.1 Å². The van der Waals surface area contributed by atoms with Crippen LogP contribution >= 0.6 is 0 Å². The molecule has 0 heterocycles. The second-order valence-electron chi connectivity index (χ2n) is 7.87. The predicted octanol–water partition coefficient (Wildman–Crippen LogP) is 5.26. The third-order valence-corrected chi connectivity index (χ3v) is 5.12. The van der Waals surface area contributed by atoms with E-state index in [1.165, 1.54) is 32.4 Å². The zero-order valence-electron chi connectivity index (χ0n) is 20.0. The summed E-state index contributed by atoms with van der Waals surface area (Å²) in [6, 6.07) is 13.0. The van der Waals surface area contributed by atoms with Crippen LogP contribution in [0.25, 0.3) is 22.3 Å². The highest BCUT2D eigenvalue weighted by atomic mass is 16.5. The van der Waals surface area contributed by atoms with Crippen molar-refractivity contribution in [1.29, 1.82) is 0 Å². The van der Waals surface area contributed by atoms with Gasteiger partial charge in [-0.05, 0) is 61.4 Å². The lowest BCUT2D eigenvalue weighted by atomic mass is 9.96. The topological polar surface area (TPSA) is 115 Å². The first-order valence-electron chi connectivity index (χ1n) is 10.8. The van der Waals surface area contributed by atoms with Gasteiger partial charge in [-0.15, -0.1) is 0 Å². The molecule has 0 aliphatic carbocycles. The fourth-order valence-electron chi connectivity index (χ4n) is 3.47. The average Bonchev–Trinajstić information content (AvgIpc) is 2.82. The number of phenolic OH excluding ortho intramolecular Hbond substituents is 2. The molecule has 3 rings (SSSR count). The Balaban J connectivity index is 2.19. The highest BCUT2D eigenvalue weighted by Gasteiger charge is 2.25. The number of methoxy groups -OCH3 is 2. The zero-order valence-corrected chi connectivity index (χ0v) is 20.0. The maximum atomic E-state index is 11.3. The van der Waals surface area contributed by atoms with Gasteiger partial charge in [0.25, 0.3) is 0 Å². The van der Waals surface area contributed by atoms with Gasteiger partial charge in [-0.2, -0.15) is 0 Å². The normalized spacial score (nSPS) is 10.4. The Labute approximate surface area is 203 Å². The molecule has 0 spiro atoms. The van der Waals surface area contributed by atoms with E-state index in [9.17, 15) is 20.1 Å². The second kappa shape index (κ2) is 11.2. The Kier molecular flexibility index (Phi) is 8.09. The Morgan fingerprint density at radius 1 is 0.857 bits per heavy atom. The van der Waals surface area contributed by atoms with Crippen molar-refractivity contribution in [3.63, 3.8) is 0 Å². The van der Waals surface area contributed by atoms with Gasteiger partial charge in [-0.25, -0.2) is 4.79 Å². The lowest BCUT2D eigenvalue weighted by molar-refractivity contribution is -0.139. The van der Waals surface area contributed by atoms with E-state index in [1.54, 1.807) is 30.3 Å². The van der Waals surface area contributed by atoms with Crippen LogP contribution in [0.1, 0.15) is 13.8 Å². The third kappa shape index (κ3) is 5.97. The molecule has 184 valence electrons. The highest BCUT2D eigenvalue weighted by Crippen LogP contribution is 2.51. The standard InChI is InChI=1S/C27H28O8/c1-16(2)11-12-34-22-10-7-18(13-21(22)29)25-23(32-3)14-20(17-5-8-19(28)9-6-17)26(33-4)27(25)35-15-24(30)31/h5-11,13-14,28-29H,12,15H2,1-4H3,(H,30,31). The minimum atomic E-state index is -1.17. The second-order valence-corrected chi connectivity index (χ2v) is 7.87. The summed E-state index contributed by atoms with van der Waals surface area (Å²) in [5.74, 6) is -0.0970. The van der Waals surface area contributed by atoms with E-state index in [1.807, 2.05) is 19.9 Å². The summed E-state index contributed by atoms with van der Waals surface area (Å²) >= 11 is 0. The molecule has 0 saturated carbocycles. The van der Waals surface area contributed by atoms with Gasteiger partial charge >= 0.3 is 5.97 Å². The molecule has 0 aliphatic rings. The van der Waals surface area contributed by atoms with E-state index < -0.39 is 12.6 Å². The number of aliphatic carboxylic acids is 1. The van der Waals surface area contributed by atoms with E-state index >= 15 is 0 Å². The predicted molar refractivity (Wildman–Crippen MR) is 132 cm³/mol. The quantitative estimate of drug-likeness (QED) is 0.337. The summed E-state index contributed by atoms with van der Waals surface area (Å²) in [7, 11) is 2.92. The molecule has 0 aliphatic heterocycles. The number of rotatable bonds is 10. The van der Waals surface area contributed by atoms with Gasteiger partial charge in [0.15, 0.2) is 29.6 Å². The zero-order chi connectivity index (χ0) is 25.5.